The van der Waals surface area contributed by atoms with E-state index in [9.17, 15) is 4.79 Å². The number of carbonyl (C=O) groups is 1. The lowest BCUT2D eigenvalue weighted by Crippen LogP contribution is -2.42. The number of hydrogen-bond acceptors (Lipinski definition) is 3. The lowest BCUT2D eigenvalue weighted by molar-refractivity contribution is -0.119. The summed E-state index contributed by atoms with van der Waals surface area (Å²) < 4.78 is 0. The molecule has 4 heteroatoms. The molecule has 18 heavy (non-hydrogen) atoms. The third kappa shape index (κ3) is 4.70. The number of rotatable bonds is 7. The van der Waals surface area contributed by atoms with Gasteiger partial charge in [-0.3, -0.25) is 4.79 Å². The van der Waals surface area contributed by atoms with Crippen LogP contribution in [0.25, 0.3) is 0 Å². The van der Waals surface area contributed by atoms with E-state index in [-0.39, 0.29) is 11.9 Å². The molecule has 1 unspecified atom stereocenters. The summed E-state index contributed by atoms with van der Waals surface area (Å²) in [6.45, 7) is 7.07. The molecule has 0 aliphatic heterocycles. The van der Waals surface area contributed by atoms with E-state index in [1.54, 1.807) is 11.8 Å². The summed E-state index contributed by atoms with van der Waals surface area (Å²) in [6.07, 6.45) is 0. The molecule has 0 spiro atoms. The predicted molar refractivity (Wildman–Crippen MR) is 77.9 cm³/mol. The zero-order chi connectivity index (χ0) is 13.5. The molecule has 1 rings (SSSR count). The van der Waals surface area contributed by atoms with Crippen LogP contribution in [-0.2, 0) is 4.79 Å². The zero-order valence-electron chi connectivity index (χ0n) is 11.3. The maximum Gasteiger partial charge on any atom is 0.235 e. The second kappa shape index (κ2) is 7.44. The van der Waals surface area contributed by atoms with Gasteiger partial charge in [-0.15, -0.1) is 11.8 Å². The Morgan fingerprint density at radius 3 is 2.39 bits per heavy atom. The molecule has 1 amide bonds. The first-order valence-corrected chi connectivity index (χ1v) is 7.28. The average molecular weight is 266 g/mol. The molecule has 0 saturated heterocycles. The van der Waals surface area contributed by atoms with Crippen LogP contribution in [0, 0.1) is 0 Å². The highest BCUT2D eigenvalue weighted by Gasteiger charge is 2.13. The topological polar surface area (TPSA) is 55.1 Å². The van der Waals surface area contributed by atoms with E-state index in [0.29, 0.717) is 11.7 Å². The van der Waals surface area contributed by atoms with Crippen LogP contribution in [0.15, 0.2) is 29.2 Å². The van der Waals surface area contributed by atoms with E-state index < -0.39 is 0 Å². The molecule has 0 heterocycles. The lowest BCUT2D eigenvalue weighted by Gasteiger charge is -2.13. The van der Waals surface area contributed by atoms with Gasteiger partial charge >= 0.3 is 0 Å². The molecule has 0 fully saturated rings. The number of amides is 1. The normalized spacial score (nSPS) is 12.7. The fraction of sp³-hybridized carbons (Fsp3) is 0.500. The Hall–Kier alpha value is -1.00. The summed E-state index contributed by atoms with van der Waals surface area (Å²) in [6, 6.07) is 8.22. The molecular weight excluding hydrogens is 244 g/mol. The van der Waals surface area contributed by atoms with Gasteiger partial charge in [0.15, 0.2) is 0 Å². The maximum atomic E-state index is 11.2. The molecule has 0 aromatic heterocycles. The van der Waals surface area contributed by atoms with E-state index in [2.05, 4.69) is 43.4 Å². The molecule has 0 radical (unpaired) electrons. The molecule has 1 aromatic rings. The summed E-state index contributed by atoms with van der Waals surface area (Å²) >= 11 is 1.65. The van der Waals surface area contributed by atoms with Crippen LogP contribution >= 0.6 is 11.8 Å². The van der Waals surface area contributed by atoms with Gasteiger partial charge in [-0.2, -0.15) is 0 Å². The summed E-state index contributed by atoms with van der Waals surface area (Å²) in [5, 5.41) is 3.09. The highest BCUT2D eigenvalue weighted by Crippen LogP contribution is 2.22. The van der Waals surface area contributed by atoms with Crippen LogP contribution in [0.4, 0.5) is 0 Å². The number of nitrogens with one attached hydrogen (secondary N) is 1. The number of hydrogen-bond donors (Lipinski definition) is 2. The molecule has 0 saturated carbocycles. The highest BCUT2D eigenvalue weighted by molar-refractivity contribution is 7.99. The van der Waals surface area contributed by atoms with E-state index >= 15 is 0 Å². The van der Waals surface area contributed by atoms with Crippen LogP contribution in [0.5, 0.6) is 0 Å². The van der Waals surface area contributed by atoms with Gasteiger partial charge in [0.05, 0.1) is 6.04 Å². The molecule has 100 valence electrons. The van der Waals surface area contributed by atoms with Crippen molar-refractivity contribution >= 4 is 17.7 Å². The van der Waals surface area contributed by atoms with Crippen molar-refractivity contribution in [1.29, 1.82) is 0 Å². The number of likely N-dealkylation sites (N-methyl/N-ethyl adjacent to an activating group) is 1. The summed E-state index contributed by atoms with van der Waals surface area (Å²) in [7, 11) is 0. The van der Waals surface area contributed by atoms with Crippen LogP contribution < -0.4 is 11.1 Å². The summed E-state index contributed by atoms with van der Waals surface area (Å²) in [5.41, 5.74) is 6.67. The minimum absolute atomic E-state index is 0.259. The van der Waals surface area contributed by atoms with Crippen molar-refractivity contribution in [3.05, 3.63) is 29.8 Å². The van der Waals surface area contributed by atoms with Gasteiger partial charge in [0.2, 0.25) is 5.91 Å². The maximum absolute atomic E-state index is 11.2. The number of thioether (sulfide) groups is 1. The number of benzene rings is 1. The van der Waals surface area contributed by atoms with E-state index in [4.69, 9.17) is 5.73 Å². The van der Waals surface area contributed by atoms with Gasteiger partial charge in [-0.1, -0.05) is 32.9 Å². The molecule has 0 aliphatic carbocycles. The Morgan fingerprint density at radius 2 is 1.94 bits per heavy atom. The van der Waals surface area contributed by atoms with Gasteiger partial charge in [-0.05, 0) is 30.2 Å². The SMILES string of the molecule is CCNC(CSc1ccc(C(C)C)cc1)C(N)=O. The van der Waals surface area contributed by atoms with Gasteiger partial charge in [0, 0.05) is 10.6 Å². The third-order valence-electron chi connectivity index (χ3n) is 2.76. The van der Waals surface area contributed by atoms with Gasteiger partial charge in [0.1, 0.15) is 0 Å². The molecule has 3 N–H and O–H groups in total. The van der Waals surface area contributed by atoms with E-state index in [0.717, 1.165) is 6.54 Å². The first-order chi connectivity index (χ1) is 8.54. The molecular formula is C14H22N2OS. The van der Waals surface area contributed by atoms with Crippen LogP contribution in [-0.4, -0.2) is 24.2 Å². The van der Waals surface area contributed by atoms with E-state index in [1.807, 2.05) is 6.92 Å². The fourth-order valence-electron chi connectivity index (χ4n) is 1.62. The zero-order valence-corrected chi connectivity index (χ0v) is 12.1. The molecule has 3 nitrogen and oxygen atoms in total. The largest absolute Gasteiger partial charge is 0.368 e. The van der Waals surface area contributed by atoms with Crippen molar-refractivity contribution in [2.75, 3.05) is 12.3 Å². The summed E-state index contributed by atoms with van der Waals surface area (Å²) in [5.74, 6) is 0.928. The number of primary amides is 1. The van der Waals surface area contributed by atoms with E-state index in [1.165, 1.54) is 10.5 Å². The Kier molecular flexibility index (Phi) is 6.22. The smallest absolute Gasteiger partial charge is 0.235 e. The van der Waals surface area contributed by atoms with Crippen molar-refractivity contribution in [2.45, 2.75) is 37.6 Å². The Balaban J connectivity index is 2.54. The van der Waals surface area contributed by atoms with Crippen molar-refractivity contribution in [3.8, 4) is 0 Å². The van der Waals surface area contributed by atoms with Crippen molar-refractivity contribution in [3.63, 3.8) is 0 Å². The first-order valence-electron chi connectivity index (χ1n) is 6.30. The third-order valence-corrected chi connectivity index (χ3v) is 3.86. The molecule has 1 aromatic carbocycles. The molecule has 0 bridgehead atoms. The standard InChI is InChI=1S/C14H22N2OS/c1-4-16-13(14(15)17)9-18-12-7-5-11(6-8-12)10(2)3/h5-8,10,13,16H,4,9H2,1-3H3,(H2,15,17). The average Bonchev–Trinajstić information content (AvgIpc) is 2.34. The molecule has 1 atom stereocenters. The van der Waals surface area contributed by atoms with Crippen molar-refractivity contribution in [1.82, 2.24) is 5.32 Å². The van der Waals surface area contributed by atoms with Gasteiger partial charge in [0.25, 0.3) is 0 Å². The quantitative estimate of drug-likeness (QED) is 0.745. The number of nitrogens with two attached hydrogens (primary N) is 1. The Bertz CT molecular complexity index is 376. The Labute approximate surface area is 114 Å². The monoisotopic (exact) mass is 266 g/mol. The second-order valence-corrected chi connectivity index (χ2v) is 5.64. The second-order valence-electron chi connectivity index (χ2n) is 4.55. The fourth-order valence-corrected chi connectivity index (χ4v) is 2.59. The van der Waals surface area contributed by atoms with Crippen molar-refractivity contribution in [2.24, 2.45) is 5.73 Å². The lowest BCUT2D eigenvalue weighted by atomic mass is 10.0. The minimum Gasteiger partial charge on any atom is -0.368 e. The number of carbonyl (C=O) groups excluding carboxylic acids is 1. The van der Waals surface area contributed by atoms with Gasteiger partial charge in [-0.25, -0.2) is 0 Å². The van der Waals surface area contributed by atoms with Gasteiger partial charge < -0.3 is 11.1 Å². The minimum atomic E-state index is -0.289. The summed E-state index contributed by atoms with van der Waals surface area (Å²) in [4.78, 5) is 12.4. The highest BCUT2D eigenvalue weighted by atomic mass is 32.2. The molecule has 0 aliphatic rings. The first kappa shape index (κ1) is 15.1. The van der Waals surface area contributed by atoms with Crippen molar-refractivity contribution < 1.29 is 4.79 Å². The van der Waals surface area contributed by atoms with Crippen LogP contribution in [0.3, 0.4) is 0 Å². The Morgan fingerprint density at radius 1 is 1.33 bits per heavy atom. The predicted octanol–water partition coefficient (Wildman–Crippen LogP) is 2.37. The van der Waals surface area contributed by atoms with Crippen LogP contribution in [0.1, 0.15) is 32.3 Å². The van der Waals surface area contributed by atoms with Crippen LogP contribution in [0.2, 0.25) is 0 Å².